The van der Waals surface area contributed by atoms with E-state index < -0.39 is 11.7 Å². The van der Waals surface area contributed by atoms with E-state index in [1.165, 1.54) is 6.07 Å². The number of nitrogens with zero attached hydrogens (tertiary/aromatic N) is 4. The molecule has 2 aromatic heterocycles. The molecule has 54 heavy (non-hydrogen) atoms. The van der Waals surface area contributed by atoms with Crippen molar-refractivity contribution < 1.29 is 13.2 Å². The average molecular weight is 715 g/mol. The summed E-state index contributed by atoms with van der Waals surface area (Å²) in [6, 6.07) is 40.1. The van der Waals surface area contributed by atoms with Crippen molar-refractivity contribution in [2.24, 2.45) is 0 Å². The number of alkyl halides is 3. The van der Waals surface area contributed by atoms with E-state index in [0.717, 1.165) is 66.9 Å². The molecule has 0 fully saturated rings. The van der Waals surface area contributed by atoms with Crippen LogP contribution in [0.25, 0.3) is 66.1 Å². The maximum Gasteiger partial charge on any atom is 0.416 e. The maximum absolute atomic E-state index is 14.5. The van der Waals surface area contributed by atoms with Crippen LogP contribution in [-0.2, 0) is 17.0 Å². The van der Waals surface area contributed by atoms with Crippen molar-refractivity contribution in [3.8, 4) is 34.6 Å². The number of fused-ring (bicyclic) bond motifs is 6. The monoisotopic (exact) mass is 714 g/mol. The summed E-state index contributed by atoms with van der Waals surface area (Å²) in [6.07, 6.45) is -4.69. The predicted octanol–water partition coefficient (Wildman–Crippen LogP) is 12.9. The highest BCUT2D eigenvalue weighted by molar-refractivity contribution is 6.11. The number of halogens is 3. The Kier molecular flexibility index (Phi) is 7.80. The van der Waals surface area contributed by atoms with Crippen molar-refractivity contribution >= 4 is 43.6 Å². The van der Waals surface area contributed by atoms with Gasteiger partial charge in [-0.25, -0.2) is 0 Å². The summed E-state index contributed by atoms with van der Waals surface area (Å²) in [5, 5.41) is 24.9. The lowest BCUT2D eigenvalue weighted by Gasteiger charge is -2.22. The van der Waals surface area contributed by atoms with Crippen molar-refractivity contribution in [1.29, 1.82) is 10.5 Å². The van der Waals surface area contributed by atoms with Gasteiger partial charge in [0.2, 0.25) is 0 Å². The van der Waals surface area contributed by atoms with E-state index >= 15 is 0 Å². The molecule has 0 aliphatic carbocycles. The van der Waals surface area contributed by atoms with Gasteiger partial charge in [0.15, 0.2) is 0 Å². The van der Waals surface area contributed by atoms with Gasteiger partial charge in [-0.2, -0.15) is 23.7 Å². The predicted molar refractivity (Wildman–Crippen MR) is 212 cm³/mol. The third-order valence-electron chi connectivity index (χ3n) is 10.5. The summed E-state index contributed by atoms with van der Waals surface area (Å²) in [5.41, 5.74) is 6.33. The Hall–Kier alpha value is -6.31. The Morgan fingerprint density at radius 3 is 1.46 bits per heavy atom. The Labute approximate surface area is 311 Å². The minimum atomic E-state index is -4.69. The van der Waals surface area contributed by atoms with Crippen molar-refractivity contribution in [2.45, 2.75) is 58.5 Å². The van der Waals surface area contributed by atoms with Gasteiger partial charge in [-0.3, -0.25) is 0 Å². The fourth-order valence-corrected chi connectivity index (χ4v) is 7.67. The summed E-state index contributed by atoms with van der Waals surface area (Å²) >= 11 is 0. The molecule has 8 aromatic rings. The van der Waals surface area contributed by atoms with Crippen molar-refractivity contribution in [2.75, 3.05) is 0 Å². The number of aromatic nitrogens is 2. The summed E-state index contributed by atoms with van der Waals surface area (Å²) < 4.78 is 47.6. The first-order chi connectivity index (χ1) is 25.6. The molecule has 0 bridgehead atoms. The Balaban J connectivity index is 1.56. The molecule has 4 nitrogen and oxygen atoms in total. The summed E-state index contributed by atoms with van der Waals surface area (Å²) in [4.78, 5) is 0. The van der Waals surface area contributed by atoms with Crippen LogP contribution in [0.15, 0.2) is 115 Å². The number of hydrogen-bond donors (Lipinski definition) is 0. The highest BCUT2D eigenvalue weighted by atomic mass is 19.4. The molecule has 0 aliphatic heterocycles. The molecule has 0 unspecified atom stereocenters. The minimum Gasteiger partial charge on any atom is -0.309 e. The first kappa shape index (κ1) is 34.8. The van der Waals surface area contributed by atoms with E-state index in [4.69, 9.17) is 0 Å². The number of para-hydroxylation sites is 2. The van der Waals surface area contributed by atoms with Crippen LogP contribution < -0.4 is 0 Å². The summed E-state index contributed by atoms with van der Waals surface area (Å²) in [7, 11) is 0. The molecule has 2 heterocycles. The highest BCUT2D eigenvalue weighted by Crippen LogP contribution is 2.43. The zero-order valence-electron chi connectivity index (χ0n) is 30.9. The van der Waals surface area contributed by atoms with Gasteiger partial charge < -0.3 is 9.13 Å². The molecular weight excluding hydrogens is 678 g/mol. The second-order valence-corrected chi connectivity index (χ2v) is 16.1. The number of benzene rings is 6. The fourth-order valence-electron chi connectivity index (χ4n) is 7.67. The second kappa shape index (κ2) is 12.1. The van der Waals surface area contributed by atoms with Gasteiger partial charge in [0.25, 0.3) is 0 Å². The normalized spacial score (nSPS) is 12.5. The Morgan fingerprint density at radius 2 is 0.981 bits per heavy atom. The van der Waals surface area contributed by atoms with E-state index in [1.807, 2.05) is 65.2 Å². The Morgan fingerprint density at radius 1 is 0.481 bits per heavy atom. The van der Waals surface area contributed by atoms with E-state index in [2.05, 4.69) is 88.6 Å². The van der Waals surface area contributed by atoms with Crippen molar-refractivity contribution in [1.82, 2.24) is 9.13 Å². The van der Waals surface area contributed by atoms with Gasteiger partial charge in [-0.05, 0) is 82.1 Å². The van der Waals surface area contributed by atoms with Crippen LogP contribution in [0.4, 0.5) is 13.2 Å². The zero-order chi connectivity index (χ0) is 38.3. The van der Waals surface area contributed by atoms with E-state index in [0.29, 0.717) is 22.5 Å². The van der Waals surface area contributed by atoms with E-state index in [-0.39, 0.29) is 22.0 Å². The molecule has 8 rings (SSSR count). The largest absolute Gasteiger partial charge is 0.416 e. The summed E-state index contributed by atoms with van der Waals surface area (Å²) in [5.74, 6) is 0. The van der Waals surface area contributed by atoms with Crippen LogP contribution in [0.3, 0.4) is 0 Å². The first-order valence-electron chi connectivity index (χ1n) is 17.9. The molecule has 0 atom stereocenters. The van der Waals surface area contributed by atoms with E-state index in [9.17, 15) is 23.7 Å². The van der Waals surface area contributed by atoms with Gasteiger partial charge in [-0.1, -0.05) is 102 Å². The van der Waals surface area contributed by atoms with E-state index in [1.54, 1.807) is 6.07 Å². The molecule has 0 saturated heterocycles. The molecule has 0 radical (unpaired) electrons. The molecule has 0 spiro atoms. The lowest BCUT2D eigenvalue weighted by atomic mass is 9.86. The average Bonchev–Trinajstić information content (AvgIpc) is 3.65. The third-order valence-corrected chi connectivity index (χ3v) is 10.5. The number of hydrogen-bond acceptors (Lipinski definition) is 2. The molecule has 0 N–H and O–H groups in total. The zero-order valence-corrected chi connectivity index (χ0v) is 30.9. The highest BCUT2D eigenvalue weighted by Gasteiger charge is 2.32. The molecule has 7 heteroatoms. The molecule has 0 amide bonds. The molecule has 6 aromatic carbocycles. The van der Waals surface area contributed by atoms with Gasteiger partial charge >= 0.3 is 6.18 Å². The van der Waals surface area contributed by atoms with Gasteiger partial charge in [0, 0.05) is 27.1 Å². The van der Waals surface area contributed by atoms with Crippen LogP contribution in [0.5, 0.6) is 0 Å². The number of rotatable bonds is 3. The SMILES string of the molecule is CC(C)(C)c1ccc2c3ccccc3n(-c3cc(-c4cc(C#N)cc(C(F)(F)F)c4)c(-n4c5ccccc5c5ccc(C(C)(C)C)cc54)cc3C#N)c2c1. The lowest BCUT2D eigenvalue weighted by Crippen LogP contribution is -2.11. The maximum atomic E-state index is 14.5. The van der Waals surface area contributed by atoms with Gasteiger partial charge in [0.1, 0.15) is 6.07 Å². The van der Waals surface area contributed by atoms with Crippen molar-refractivity contribution in [3.05, 3.63) is 143 Å². The van der Waals surface area contributed by atoms with Gasteiger partial charge in [0.05, 0.1) is 56.2 Å². The first-order valence-corrected chi connectivity index (χ1v) is 17.9. The van der Waals surface area contributed by atoms with Crippen LogP contribution in [0.2, 0.25) is 0 Å². The molecule has 0 saturated carbocycles. The molecule has 266 valence electrons. The molecular formula is C47H37F3N4. The third kappa shape index (κ3) is 5.60. The van der Waals surface area contributed by atoms with Crippen LogP contribution in [0, 0.1) is 22.7 Å². The summed E-state index contributed by atoms with van der Waals surface area (Å²) in [6.45, 7) is 12.8. The quantitative estimate of drug-likeness (QED) is 0.183. The van der Waals surface area contributed by atoms with Crippen LogP contribution in [-0.4, -0.2) is 9.13 Å². The number of nitriles is 2. The van der Waals surface area contributed by atoms with Crippen LogP contribution in [0.1, 0.15) is 69.4 Å². The van der Waals surface area contributed by atoms with Crippen molar-refractivity contribution in [3.63, 3.8) is 0 Å². The minimum absolute atomic E-state index is 0.111. The topological polar surface area (TPSA) is 57.4 Å². The standard InChI is InChI=1S/C47H37F3N4/c1-45(2,3)31-15-17-36-34-11-7-9-13-39(34)53(43(36)23-31)41-25-38(29-19-28(26-51)20-33(21-29)47(48,49)50)42(22-30(41)27-52)54-40-14-10-8-12-35(40)37-18-16-32(24-44(37)54)46(4,5)6/h7-25H,1-6H3. The smallest absolute Gasteiger partial charge is 0.309 e. The molecule has 0 aliphatic rings. The van der Waals surface area contributed by atoms with Gasteiger partial charge in [-0.15, -0.1) is 0 Å². The Bertz CT molecular complexity index is 2910. The lowest BCUT2D eigenvalue weighted by molar-refractivity contribution is -0.137. The second-order valence-electron chi connectivity index (χ2n) is 16.1. The van der Waals surface area contributed by atoms with Crippen LogP contribution >= 0.6 is 0 Å². The fraction of sp³-hybridized carbons (Fsp3) is 0.191.